The molecule has 1 fully saturated rings. The van der Waals surface area contributed by atoms with Gasteiger partial charge >= 0.3 is 7.82 Å². The summed E-state index contributed by atoms with van der Waals surface area (Å²) in [5.74, 6) is 0. The highest BCUT2D eigenvalue weighted by Crippen LogP contribution is 2.51. The van der Waals surface area contributed by atoms with E-state index in [2.05, 4.69) is 0 Å². The zero-order chi connectivity index (χ0) is 28.0. The van der Waals surface area contributed by atoms with Gasteiger partial charge in [-0.15, -0.1) is 0 Å². The van der Waals surface area contributed by atoms with Gasteiger partial charge < -0.3 is 18.9 Å². The summed E-state index contributed by atoms with van der Waals surface area (Å²) in [6, 6.07) is 29.8. The molecule has 0 aromatic heterocycles. The minimum absolute atomic E-state index is 0.171. The molecular formula is C31H39O8P. The van der Waals surface area contributed by atoms with E-state index in [0.717, 1.165) is 16.7 Å². The van der Waals surface area contributed by atoms with Crippen LogP contribution in [0.2, 0.25) is 0 Å². The monoisotopic (exact) mass is 570 g/mol. The first-order valence-electron chi connectivity index (χ1n) is 13.7. The van der Waals surface area contributed by atoms with Gasteiger partial charge in [-0.3, -0.25) is 13.6 Å². The van der Waals surface area contributed by atoms with Gasteiger partial charge in [-0.1, -0.05) is 91.0 Å². The van der Waals surface area contributed by atoms with Crippen molar-refractivity contribution < 1.29 is 37.1 Å². The molecule has 0 N–H and O–H groups in total. The van der Waals surface area contributed by atoms with E-state index >= 15 is 0 Å². The molecule has 40 heavy (non-hydrogen) atoms. The highest BCUT2D eigenvalue weighted by Gasteiger charge is 2.44. The molecule has 0 amide bonds. The standard InChI is InChI=1S/C31H39O8P/c1-3-36-40(32,37-4-2)39-30-20-28(34-22-26-16-10-6-11-17-26)31(35-23-27-18-12-7-13-19-27)29(38-30)24-33-21-25-14-8-5-9-15-25/h5-19,28-31H,3-4,20-24H2,1-2H3/t28-,29-,30-,31+/m1/s1. The SMILES string of the molecule is CCOP(=O)(OCC)O[C@@H]1C[C@@H](OCc2ccccc2)[C@H](OCc2ccccc2)[C@@H](COCc2ccccc2)O1. The molecular weight excluding hydrogens is 531 g/mol. The molecule has 4 atom stereocenters. The fourth-order valence-corrected chi connectivity index (χ4v) is 5.69. The van der Waals surface area contributed by atoms with Gasteiger partial charge in [0.1, 0.15) is 12.2 Å². The molecule has 1 heterocycles. The van der Waals surface area contributed by atoms with Crippen molar-refractivity contribution in [3.05, 3.63) is 108 Å². The van der Waals surface area contributed by atoms with Crippen LogP contribution in [0.5, 0.6) is 0 Å². The summed E-state index contributed by atoms with van der Waals surface area (Å²) in [4.78, 5) is 0. The summed E-state index contributed by atoms with van der Waals surface area (Å²) in [6.45, 7) is 5.17. The van der Waals surface area contributed by atoms with E-state index in [1.54, 1.807) is 13.8 Å². The smallest absolute Gasteiger partial charge is 0.374 e. The Morgan fingerprint density at radius 2 is 1.23 bits per heavy atom. The molecule has 0 bridgehead atoms. The van der Waals surface area contributed by atoms with Crippen LogP contribution < -0.4 is 0 Å². The van der Waals surface area contributed by atoms with Crippen molar-refractivity contribution in [2.75, 3.05) is 19.8 Å². The van der Waals surface area contributed by atoms with Crippen LogP contribution >= 0.6 is 7.82 Å². The number of benzene rings is 3. The molecule has 0 unspecified atom stereocenters. The highest BCUT2D eigenvalue weighted by molar-refractivity contribution is 7.48. The van der Waals surface area contributed by atoms with Crippen LogP contribution in [0.1, 0.15) is 37.0 Å². The zero-order valence-electron chi connectivity index (χ0n) is 23.1. The number of ether oxygens (including phenoxy) is 4. The molecule has 0 radical (unpaired) electrons. The summed E-state index contributed by atoms with van der Waals surface area (Å²) in [7, 11) is -3.84. The molecule has 9 heteroatoms. The van der Waals surface area contributed by atoms with E-state index in [0.29, 0.717) is 19.8 Å². The van der Waals surface area contributed by atoms with Crippen molar-refractivity contribution in [2.24, 2.45) is 0 Å². The topological polar surface area (TPSA) is 81.7 Å². The maximum absolute atomic E-state index is 13.2. The maximum atomic E-state index is 13.2. The third kappa shape index (κ3) is 9.61. The maximum Gasteiger partial charge on any atom is 0.477 e. The lowest BCUT2D eigenvalue weighted by atomic mass is 10.0. The van der Waals surface area contributed by atoms with Gasteiger partial charge in [-0.05, 0) is 30.5 Å². The third-order valence-electron chi connectivity index (χ3n) is 6.29. The second-order valence-electron chi connectivity index (χ2n) is 9.32. The van der Waals surface area contributed by atoms with Crippen LogP contribution in [0.4, 0.5) is 0 Å². The molecule has 216 valence electrons. The Morgan fingerprint density at radius 1 is 0.725 bits per heavy atom. The second kappa shape index (κ2) is 16.2. The summed E-state index contributed by atoms with van der Waals surface area (Å²) in [5.41, 5.74) is 3.10. The molecule has 3 aromatic carbocycles. The molecule has 3 aromatic rings. The minimum Gasteiger partial charge on any atom is -0.374 e. The third-order valence-corrected chi connectivity index (χ3v) is 7.93. The van der Waals surface area contributed by atoms with Crippen molar-refractivity contribution in [1.29, 1.82) is 0 Å². The number of hydrogen-bond acceptors (Lipinski definition) is 8. The normalized spacial score (nSPS) is 21.4. The molecule has 0 saturated carbocycles. The van der Waals surface area contributed by atoms with Gasteiger partial charge in [0.05, 0.1) is 45.7 Å². The molecule has 1 aliphatic heterocycles. The number of hydrogen-bond donors (Lipinski definition) is 0. The largest absolute Gasteiger partial charge is 0.477 e. The predicted molar refractivity (Wildman–Crippen MR) is 151 cm³/mol. The summed E-state index contributed by atoms with van der Waals surface area (Å²) >= 11 is 0. The van der Waals surface area contributed by atoms with Gasteiger partial charge in [0.2, 0.25) is 0 Å². The van der Waals surface area contributed by atoms with E-state index in [1.165, 1.54) is 0 Å². The number of phosphoric ester groups is 1. The molecule has 0 spiro atoms. The summed E-state index contributed by atoms with van der Waals surface area (Å²) in [6.07, 6.45) is -2.12. The number of phosphoric acid groups is 1. The van der Waals surface area contributed by atoms with Crippen LogP contribution in [0.15, 0.2) is 91.0 Å². The minimum atomic E-state index is -3.84. The lowest BCUT2D eigenvalue weighted by Crippen LogP contribution is -2.53. The van der Waals surface area contributed by atoms with Crippen LogP contribution in [0.25, 0.3) is 0 Å². The van der Waals surface area contributed by atoms with E-state index in [-0.39, 0.29) is 26.2 Å². The van der Waals surface area contributed by atoms with E-state index < -0.39 is 32.4 Å². The van der Waals surface area contributed by atoms with Crippen molar-refractivity contribution in [1.82, 2.24) is 0 Å². The van der Waals surface area contributed by atoms with Crippen LogP contribution in [-0.2, 0) is 56.9 Å². The molecule has 1 saturated heterocycles. The van der Waals surface area contributed by atoms with Crippen molar-refractivity contribution in [2.45, 2.75) is 64.7 Å². The highest BCUT2D eigenvalue weighted by atomic mass is 31.2. The quantitative estimate of drug-likeness (QED) is 0.176. The van der Waals surface area contributed by atoms with E-state index in [9.17, 15) is 4.57 Å². The zero-order valence-corrected chi connectivity index (χ0v) is 24.0. The van der Waals surface area contributed by atoms with E-state index in [1.807, 2.05) is 91.0 Å². The molecule has 4 rings (SSSR count). The Labute approximate surface area is 237 Å². The molecule has 8 nitrogen and oxygen atoms in total. The number of rotatable bonds is 16. The van der Waals surface area contributed by atoms with Gasteiger partial charge in [-0.25, -0.2) is 4.57 Å². The fourth-order valence-electron chi connectivity index (χ4n) is 4.44. The average Bonchev–Trinajstić information content (AvgIpc) is 2.97. The van der Waals surface area contributed by atoms with Crippen LogP contribution in [-0.4, -0.2) is 44.4 Å². The lowest BCUT2D eigenvalue weighted by Gasteiger charge is -2.41. The Hall–Kier alpha value is -2.39. The van der Waals surface area contributed by atoms with Crippen molar-refractivity contribution in [3.63, 3.8) is 0 Å². The van der Waals surface area contributed by atoms with Gasteiger partial charge in [-0.2, -0.15) is 0 Å². The van der Waals surface area contributed by atoms with Gasteiger partial charge in [0, 0.05) is 6.42 Å². The lowest BCUT2D eigenvalue weighted by molar-refractivity contribution is -0.261. The first kappa shape index (κ1) is 30.6. The van der Waals surface area contributed by atoms with Gasteiger partial charge in [0.25, 0.3) is 0 Å². The first-order valence-corrected chi connectivity index (χ1v) is 15.2. The van der Waals surface area contributed by atoms with E-state index in [4.69, 9.17) is 32.5 Å². The Bertz CT molecular complexity index is 1140. The Kier molecular flexibility index (Phi) is 12.3. The average molecular weight is 571 g/mol. The second-order valence-corrected chi connectivity index (χ2v) is 10.9. The van der Waals surface area contributed by atoms with Crippen molar-refractivity contribution in [3.8, 4) is 0 Å². The summed E-state index contributed by atoms with van der Waals surface area (Å²) < 4.78 is 55.1. The predicted octanol–water partition coefficient (Wildman–Crippen LogP) is 6.69. The van der Waals surface area contributed by atoms with Crippen LogP contribution in [0, 0.1) is 0 Å². The molecule has 0 aliphatic carbocycles. The van der Waals surface area contributed by atoms with Gasteiger partial charge in [0.15, 0.2) is 6.29 Å². The van der Waals surface area contributed by atoms with Crippen LogP contribution in [0.3, 0.4) is 0 Å². The summed E-state index contributed by atoms with van der Waals surface area (Å²) in [5, 5.41) is 0. The first-order chi connectivity index (χ1) is 19.6. The van der Waals surface area contributed by atoms with Crippen molar-refractivity contribution >= 4 is 7.82 Å². The Balaban J connectivity index is 1.53. The Morgan fingerprint density at radius 3 is 1.75 bits per heavy atom. The fraction of sp³-hybridized carbons (Fsp3) is 0.419. The molecule has 1 aliphatic rings.